The summed E-state index contributed by atoms with van der Waals surface area (Å²) in [6.45, 7) is 2.06. The maximum absolute atomic E-state index is 9.00. The van der Waals surface area contributed by atoms with Gasteiger partial charge in [0.2, 0.25) is 0 Å². The number of aliphatic hydroxyl groups is 1. The minimum atomic E-state index is -0.345. The largest absolute Gasteiger partial charge is 0.394 e. The average Bonchev–Trinajstić information content (AvgIpc) is 2.06. The Morgan fingerprint density at radius 3 is 2.42 bits per heavy atom. The summed E-state index contributed by atoms with van der Waals surface area (Å²) in [5.74, 6) is 0.765. The summed E-state index contributed by atoms with van der Waals surface area (Å²) < 4.78 is 0. The summed E-state index contributed by atoms with van der Waals surface area (Å²) in [4.78, 5) is 0. The minimum absolute atomic E-state index is 0.115. The fourth-order valence-corrected chi connectivity index (χ4v) is 2.12. The Morgan fingerprint density at radius 1 is 1.33 bits per heavy atom. The van der Waals surface area contributed by atoms with E-state index in [1.807, 2.05) is 6.92 Å². The van der Waals surface area contributed by atoms with Crippen LogP contribution in [0.4, 0.5) is 0 Å². The Morgan fingerprint density at radius 2 is 1.92 bits per heavy atom. The molecule has 72 valence electrons. The average molecular weight is 171 g/mol. The summed E-state index contributed by atoms with van der Waals surface area (Å²) in [5, 5.41) is 9.00. The molecule has 1 aliphatic carbocycles. The summed E-state index contributed by atoms with van der Waals surface area (Å²) in [6.07, 6.45) is 7.71. The topological polar surface area (TPSA) is 46.2 Å². The SMILES string of the molecule is CC(N)(CO)CC1CCCCC1. The predicted octanol–water partition coefficient (Wildman–Crippen LogP) is 1.67. The Labute approximate surface area is 75.2 Å². The van der Waals surface area contributed by atoms with Gasteiger partial charge in [-0.15, -0.1) is 0 Å². The monoisotopic (exact) mass is 171 g/mol. The van der Waals surface area contributed by atoms with E-state index in [9.17, 15) is 0 Å². The molecule has 0 aromatic carbocycles. The summed E-state index contributed by atoms with van der Waals surface area (Å²) in [5.41, 5.74) is 5.55. The van der Waals surface area contributed by atoms with Crippen LogP contribution in [0.5, 0.6) is 0 Å². The van der Waals surface area contributed by atoms with Crippen molar-refractivity contribution in [2.75, 3.05) is 6.61 Å². The maximum atomic E-state index is 9.00. The van der Waals surface area contributed by atoms with E-state index in [0.29, 0.717) is 0 Å². The molecule has 0 radical (unpaired) electrons. The van der Waals surface area contributed by atoms with Crippen LogP contribution in [-0.2, 0) is 0 Å². The van der Waals surface area contributed by atoms with Crippen LogP contribution >= 0.6 is 0 Å². The molecule has 0 heterocycles. The number of aliphatic hydroxyl groups excluding tert-OH is 1. The third-order valence-corrected chi connectivity index (χ3v) is 2.84. The molecule has 0 amide bonds. The number of hydrogen-bond donors (Lipinski definition) is 2. The van der Waals surface area contributed by atoms with Gasteiger partial charge < -0.3 is 10.8 Å². The lowest BCUT2D eigenvalue weighted by Gasteiger charge is -2.30. The van der Waals surface area contributed by atoms with E-state index in [-0.39, 0.29) is 12.1 Å². The molecule has 1 fully saturated rings. The molecule has 2 heteroatoms. The van der Waals surface area contributed by atoms with Crippen molar-refractivity contribution in [3.8, 4) is 0 Å². The first-order valence-corrected chi connectivity index (χ1v) is 5.04. The first-order chi connectivity index (χ1) is 5.64. The second kappa shape index (κ2) is 4.24. The van der Waals surface area contributed by atoms with Crippen LogP contribution in [0.3, 0.4) is 0 Å². The predicted molar refractivity (Wildman–Crippen MR) is 50.9 cm³/mol. The highest BCUT2D eigenvalue weighted by atomic mass is 16.3. The molecule has 0 aromatic rings. The zero-order valence-corrected chi connectivity index (χ0v) is 8.05. The van der Waals surface area contributed by atoms with Crippen molar-refractivity contribution >= 4 is 0 Å². The maximum Gasteiger partial charge on any atom is 0.0608 e. The van der Waals surface area contributed by atoms with Crippen molar-refractivity contribution in [3.05, 3.63) is 0 Å². The van der Waals surface area contributed by atoms with Gasteiger partial charge in [-0.05, 0) is 19.3 Å². The summed E-state index contributed by atoms with van der Waals surface area (Å²) >= 11 is 0. The van der Waals surface area contributed by atoms with Crippen molar-refractivity contribution in [1.82, 2.24) is 0 Å². The highest BCUT2D eigenvalue weighted by Gasteiger charge is 2.24. The normalized spacial score (nSPS) is 25.2. The smallest absolute Gasteiger partial charge is 0.0608 e. The molecule has 1 aliphatic rings. The van der Waals surface area contributed by atoms with Crippen LogP contribution in [0.2, 0.25) is 0 Å². The molecule has 0 bridgehead atoms. The summed E-state index contributed by atoms with van der Waals surface area (Å²) in [7, 11) is 0. The number of rotatable bonds is 3. The van der Waals surface area contributed by atoms with Crippen LogP contribution in [0.25, 0.3) is 0 Å². The lowest BCUT2D eigenvalue weighted by Crippen LogP contribution is -2.42. The van der Waals surface area contributed by atoms with Crippen molar-refractivity contribution < 1.29 is 5.11 Å². The first-order valence-electron chi connectivity index (χ1n) is 5.04. The van der Waals surface area contributed by atoms with E-state index in [0.717, 1.165) is 12.3 Å². The van der Waals surface area contributed by atoms with E-state index in [1.54, 1.807) is 0 Å². The first kappa shape index (κ1) is 10.0. The summed E-state index contributed by atoms with van der Waals surface area (Å²) in [6, 6.07) is 0. The van der Waals surface area contributed by atoms with Crippen molar-refractivity contribution in [2.45, 2.75) is 51.0 Å². The third kappa shape index (κ3) is 3.11. The third-order valence-electron chi connectivity index (χ3n) is 2.84. The van der Waals surface area contributed by atoms with E-state index >= 15 is 0 Å². The fraction of sp³-hybridized carbons (Fsp3) is 1.00. The quantitative estimate of drug-likeness (QED) is 0.678. The Balaban J connectivity index is 2.28. The van der Waals surface area contributed by atoms with Crippen LogP contribution < -0.4 is 5.73 Å². The molecule has 1 unspecified atom stereocenters. The van der Waals surface area contributed by atoms with Crippen molar-refractivity contribution in [1.29, 1.82) is 0 Å². The molecule has 0 aromatic heterocycles. The van der Waals surface area contributed by atoms with Gasteiger partial charge in [0.1, 0.15) is 0 Å². The highest BCUT2D eigenvalue weighted by molar-refractivity contribution is 4.82. The lowest BCUT2D eigenvalue weighted by molar-refractivity contribution is 0.168. The zero-order chi connectivity index (χ0) is 9.03. The van der Waals surface area contributed by atoms with E-state index in [4.69, 9.17) is 10.8 Å². The van der Waals surface area contributed by atoms with Gasteiger partial charge in [0.15, 0.2) is 0 Å². The van der Waals surface area contributed by atoms with Gasteiger partial charge in [-0.2, -0.15) is 0 Å². The number of nitrogens with two attached hydrogens (primary N) is 1. The second-order valence-electron chi connectivity index (χ2n) is 4.52. The minimum Gasteiger partial charge on any atom is -0.394 e. The van der Waals surface area contributed by atoms with Gasteiger partial charge in [0.05, 0.1) is 6.61 Å². The highest BCUT2D eigenvalue weighted by Crippen LogP contribution is 2.29. The van der Waals surface area contributed by atoms with Gasteiger partial charge in [-0.1, -0.05) is 32.1 Å². The molecule has 0 spiro atoms. The molecule has 1 rings (SSSR count). The zero-order valence-electron chi connectivity index (χ0n) is 8.05. The van der Waals surface area contributed by atoms with Crippen LogP contribution in [0.15, 0.2) is 0 Å². The molecule has 12 heavy (non-hydrogen) atoms. The Bertz CT molecular complexity index is 128. The van der Waals surface area contributed by atoms with Gasteiger partial charge in [0, 0.05) is 5.54 Å². The van der Waals surface area contributed by atoms with Crippen molar-refractivity contribution in [2.24, 2.45) is 11.7 Å². The standard InChI is InChI=1S/C10H21NO/c1-10(11,8-12)7-9-5-3-2-4-6-9/h9,12H,2-8,11H2,1H3. The van der Waals surface area contributed by atoms with Crippen molar-refractivity contribution in [3.63, 3.8) is 0 Å². The van der Waals surface area contributed by atoms with Crippen LogP contribution in [-0.4, -0.2) is 17.3 Å². The van der Waals surface area contributed by atoms with Gasteiger partial charge in [0.25, 0.3) is 0 Å². The van der Waals surface area contributed by atoms with Gasteiger partial charge in [-0.25, -0.2) is 0 Å². The molecular formula is C10H21NO. The second-order valence-corrected chi connectivity index (χ2v) is 4.52. The van der Waals surface area contributed by atoms with E-state index in [1.165, 1.54) is 32.1 Å². The molecule has 2 nitrogen and oxygen atoms in total. The van der Waals surface area contributed by atoms with E-state index < -0.39 is 0 Å². The van der Waals surface area contributed by atoms with Gasteiger partial charge >= 0.3 is 0 Å². The Kier molecular flexibility index (Phi) is 3.53. The molecule has 3 N–H and O–H groups in total. The lowest BCUT2D eigenvalue weighted by atomic mass is 9.81. The van der Waals surface area contributed by atoms with Crippen LogP contribution in [0.1, 0.15) is 45.4 Å². The molecular weight excluding hydrogens is 150 g/mol. The van der Waals surface area contributed by atoms with Gasteiger partial charge in [-0.3, -0.25) is 0 Å². The molecule has 0 aliphatic heterocycles. The van der Waals surface area contributed by atoms with E-state index in [2.05, 4.69) is 0 Å². The Hall–Kier alpha value is -0.0800. The molecule has 1 atom stereocenters. The number of hydrogen-bond acceptors (Lipinski definition) is 2. The van der Waals surface area contributed by atoms with Crippen LogP contribution in [0, 0.1) is 5.92 Å². The fourth-order valence-electron chi connectivity index (χ4n) is 2.12. The molecule has 1 saturated carbocycles. The molecule has 0 saturated heterocycles.